The van der Waals surface area contributed by atoms with Gasteiger partial charge >= 0.3 is 0 Å². The summed E-state index contributed by atoms with van der Waals surface area (Å²) in [5.74, 6) is -0.576. The fourth-order valence-corrected chi connectivity index (χ4v) is 1.47. The molecule has 1 aromatic carbocycles. The topological polar surface area (TPSA) is 87.5 Å². The summed E-state index contributed by atoms with van der Waals surface area (Å²) in [6, 6.07) is 5.09. The van der Waals surface area contributed by atoms with Crippen molar-refractivity contribution in [2.75, 3.05) is 38.3 Å². The average molecular weight is 250 g/mol. The monoisotopic (exact) mass is 250 g/mol. The minimum atomic E-state index is -0.324. The van der Waals surface area contributed by atoms with Gasteiger partial charge in [-0.05, 0) is 18.2 Å². The predicted molar refractivity (Wildman–Crippen MR) is 71.6 cm³/mol. The molecular formula is C12H18N4O2. The predicted octanol–water partition coefficient (Wildman–Crippen LogP) is -0.189. The van der Waals surface area contributed by atoms with Crippen molar-refractivity contribution in [3.63, 3.8) is 0 Å². The maximum atomic E-state index is 12.0. The number of carbonyl (C=O) groups excluding carboxylic acids is 2. The van der Waals surface area contributed by atoms with Gasteiger partial charge in [0, 0.05) is 32.5 Å². The van der Waals surface area contributed by atoms with E-state index in [-0.39, 0.29) is 18.4 Å². The molecule has 0 bridgehead atoms. The number of benzene rings is 1. The Bertz CT molecular complexity index is 457. The molecule has 0 unspecified atom stereocenters. The van der Waals surface area contributed by atoms with E-state index in [1.54, 1.807) is 18.2 Å². The molecule has 0 spiro atoms. The van der Waals surface area contributed by atoms with Crippen molar-refractivity contribution in [2.45, 2.75) is 0 Å². The molecule has 0 fully saturated rings. The quantitative estimate of drug-likeness (QED) is 0.646. The molecule has 0 heterocycles. The number of hydrogen-bond acceptors (Lipinski definition) is 4. The zero-order chi connectivity index (χ0) is 13.7. The van der Waals surface area contributed by atoms with Crippen molar-refractivity contribution >= 4 is 23.2 Å². The molecule has 0 radical (unpaired) electrons. The first-order valence-corrected chi connectivity index (χ1v) is 5.51. The lowest BCUT2D eigenvalue weighted by atomic mass is 10.1. The fourth-order valence-electron chi connectivity index (χ4n) is 1.47. The Morgan fingerprint density at radius 3 is 2.56 bits per heavy atom. The number of rotatable bonds is 4. The summed E-state index contributed by atoms with van der Waals surface area (Å²) < 4.78 is 0. The Balaban J connectivity index is 2.90. The minimum absolute atomic E-state index is 0.0585. The van der Waals surface area contributed by atoms with E-state index in [0.717, 1.165) is 5.69 Å². The third kappa shape index (κ3) is 3.38. The highest BCUT2D eigenvalue weighted by Crippen LogP contribution is 2.21. The van der Waals surface area contributed by atoms with Crippen LogP contribution in [0.15, 0.2) is 18.2 Å². The summed E-state index contributed by atoms with van der Waals surface area (Å²) in [5, 5.41) is 4.97. The molecule has 18 heavy (non-hydrogen) atoms. The number of hydrogen-bond donors (Lipinski definition) is 3. The van der Waals surface area contributed by atoms with Gasteiger partial charge in [-0.25, -0.2) is 0 Å². The standard InChI is InChI=1S/C12H18N4O2/c1-14-11(17)7-15-12(18)9-6-8(13)4-5-10(9)16(2)3/h4-6H,7,13H2,1-3H3,(H,14,17)(H,15,18). The summed E-state index contributed by atoms with van der Waals surface area (Å²) in [5.41, 5.74) is 7.37. The van der Waals surface area contributed by atoms with Crippen LogP contribution < -0.4 is 21.3 Å². The van der Waals surface area contributed by atoms with E-state index >= 15 is 0 Å². The first-order valence-electron chi connectivity index (χ1n) is 5.51. The molecule has 0 aliphatic rings. The Morgan fingerprint density at radius 1 is 1.33 bits per heavy atom. The second-order valence-electron chi connectivity index (χ2n) is 4.03. The van der Waals surface area contributed by atoms with Gasteiger partial charge in [0.25, 0.3) is 5.91 Å². The summed E-state index contributed by atoms with van der Waals surface area (Å²) in [6.45, 7) is -0.0585. The van der Waals surface area contributed by atoms with Crippen molar-refractivity contribution in [1.29, 1.82) is 0 Å². The van der Waals surface area contributed by atoms with Crippen LogP contribution in [0.25, 0.3) is 0 Å². The maximum Gasteiger partial charge on any atom is 0.253 e. The number of carbonyl (C=O) groups is 2. The van der Waals surface area contributed by atoms with Crippen LogP contribution in [-0.4, -0.2) is 39.5 Å². The highest BCUT2D eigenvalue weighted by molar-refractivity contribution is 6.02. The third-order valence-corrected chi connectivity index (χ3v) is 2.44. The van der Waals surface area contributed by atoms with Crippen LogP contribution >= 0.6 is 0 Å². The lowest BCUT2D eigenvalue weighted by molar-refractivity contribution is -0.119. The van der Waals surface area contributed by atoms with E-state index in [1.807, 2.05) is 19.0 Å². The SMILES string of the molecule is CNC(=O)CNC(=O)c1cc(N)ccc1N(C)C. The number of anilines is 2. The fraction of sp³-hybridized carbons (Fsp3) is 0.333. The number of amides is 2. The van der Waals surface area contributed by atoms with E-state index in [1.165, 1.54) is 7.05 Å². The van der Waals surface area contributed by atoms with Crippen LogP contribution in [0.1, 0.15) is 10.4 Å². The van der Waals surface area contributed by atoms with E-state index in [4.69, 9.17) is 5.73 Å². The van der Waals surface area contributed by atoms with Crippen LogP contribution in [0.3, 0.4) is 0 Å². The molecule has 98 valence electrons. The molecule has 0 atom stereocenters. The van der Waals surface area contributed by atoms with Gasteiger partial charge in [0.15, 0.2) is 0 Å². The van der Waals surface area contributed by atoms with Gasteiger partial charge in [0.1, 0.15) is 0 Å². The normalized spacial score (nSPS) is 9.72. The molecule has 6 heteroatoms. The van der Waals surface area contributed by atoms with E-state index in [2.05, 4.69) is 10.6 Å². The number of likely N-dealkylation sites (N-methyl/N-ethyl adjacent to an activating group) is 1. The molecule has 1 rings (SSSR count). The van der Waals surface area contributed by atoms with Crippen molar-refractivity contribution in [3.05, 3.63) is 23.8 Å². The zero-order valence-corrected chi connectivity index (χ0v) is 10.8. The molecule has 0 aromatic heterocycles. The van der Waals surface area contributed by atoms with Crippen LogP contribution in [-0.2, 0) is 4.79 Å². The molecule has 6 nitrogen and oxygen atoms in total. The Hall–Kier alpha value is -2.24. The highest BCUT2D eigenvalue weighted by atomic mass is 16.2. The largest absolute Gasteiger partial charge is 0.399 e. The molecule has 0 saturated heterocycles. The lowest BCUT2D eigenvalue weighted by Crippen LogP contribution is -2.35. The molecule has 0 aliphatic carbocycles. The summed E-state index contributed by atoms with van der Waals surface area (Å²) in [7, 11) is 5.18. The van der Waals surface area contributed by atoms with E-state index in [0.29, 0.717) is 11.3 Å². The van der Waals surface area contributed by atoms with E-state index in [9.17, 15) is 9.59 Å². The first-order chi connectivity index (χ1) is 8.45. The number of nitrogens with zero attached hydrogens (tertiary/aromatic N) is 1. The zero-order valence-electron chi connectivity index (χ0n) is 10.8. The smallest absolute Gasteiger partial charge is 0.253 e. The molecule has 0 aliphatic heterocycles. The Kier molecular flexibility index (Phi) is 4.53. The highest BCUT2D eigenvalue weighted by Gasteiger charge is 2.13. The molecule has 1 aromatic rings. The van der Waals surface area contributed by atoms with E-state index < -0.39 is 0 Å². The third-order valence-electron chi connectivity index (χ3n) is 2.44. The van der Waals surface area contributed by atoms with Gasteiger partial charge in [-0.2, -0.15) is 0 Å². The van der Waals surface area contributed by atoms with Crippen LogP contribution in [0.4, 0.5) is 11.4 Å². The number of nitrogens with two attached hydrogens (primary N) is 1. The summed E-state index contributed by atoms with van der Waals surface area (Å²) in [6.07, 6.45) is 0. The van der Waals surface area contributed by atoms with Gasteiger partial charge in [-0.1, -0.05) is 0 Å². The minimum Gasteiger partial charge on any atom is -0.399 e. The van der Waals surface area contributed by atoms with Crippen LogP contribution in [0.5, 0.6) is 0 Å². The molecule has 2 amide bonds. The van der Waals surface area contributed by atoms with Crippen LogP contribution in [0, 0.1) is 0 Å². The second kappa shape index (κ2) is 5.90. The Labute approximate surface area is 106 Å². The van der Waals surface area contributed by atoms with Crippen molar-refractivity contribution in [2.24, 2.45) is 0 Å². The van der Waals surface area contributed by atoms with Gasteiger partial charge in [-0.15, -0.1) is 0 Å². The summed E-state index contributed by atoms with van der Waals surface area (Å²) in [4.78, 5) is 24.9. The number of nitrogen functional groups attached to an aromatic ring is 1. The first kappa shape index (κ1) is 13.8. The van der Waals surface area contributed by atoms with Crippen LogP contribution in [0.2, 0.25) is 0 Å². The molecule has 0 saturated carbocycles. The number of nitrogens with one attached hydrogen (secondary N) is 2. The average Bonchev–Trinajstić information content (AvgIpc) is 2.34. The van der Waals surface area contributed by atoms with Gasteiger partial charge < -0.3 is 21.3 Å². The lowest BCUT2D eigenvalue weighted by Gasteiger charge is -2.17. The van der Waals surface area contributed by atoms with Gasteiger partial charge in [0.05, 0.1) is 12.1 Å². The second-order valence-corrected chi connectivity index (χ2v) is 4.03. The summed E-state index contributed by atoms with van der Waals surface area (Å²) >= 11 is 0. The molecular weight excluding hydrogens is 232 g/mol. The maximum absolute atomic E-state index is 12.0. The van der Waals surface area contributed by atoms with Gasteiger partial charge in [-0.3, -0.25) is 9.59 Å². The molecule has 4 N–H and O–H groups in total. The Morgan fingerprint density at radius 2 is 2.00 bits per heavy atom. The van der Waals surface area contributed by atoms with Crippen molar-refractivity contribution in [1.82, 2.24) is 10.6 Å². The van der Waals surface area contributed by atoms with Crippen molar-refractivity contribution < 1.29 is 9.59 Å². The van der Waals surface area contributed by atoms with Crippen molar-refractivity contribution in [3.8, 4) is 0 Å². The van der Waals surface area contributed by atoms with Gasteiger partial charge in [0.2, 0.25) is 5.91 Å².